The number of nitrogens with zero attached hydrogens (tertiary/aromatic N) is 2. The molecule has 2 aromatic carbocycles. The third kappa shape index (κ3) is 3.76. The van der Waals surface area contributed by atoms with Crippen LogP contribution in [0.25, 0.3) is 22.9 Å². The van der Waals surface area contributed by atoms with Gasteiger partial charge in [-0.05, 0) is 36.8 Å². The number of rotatable bonds is 5. The molecule has 3 aromatic rings. The van der Waals surface area contributed by atoms with Crippen LogP contribution in [0.1, 0.15) is 16.1 Å². The van der Waals surface area contributed by atoms with E-state index >= 15 is 0 Å². The zero-order chi connectivity index (χ0) is 18.5. The van der Waals surface area contributed by atoms with E-state index in [-0.39, 0.29) is 0 Å². The molecule has 0 atom stereocenters. The first-order valence-corrected chi connectivity index (χ1v) is 8.89. The second-order valence-electron chi connectivity index (χ2n) is 5.69. The summed E-state index contributed by atoms with van der Waals surface area (Å²) < 4.78 is 10.6. The second-order valence-corrected chi connectivity index (χ2v) is 6.55. The van der Waals surface area contributed by atoms with Gasteiger partial charge in [0, 0.05) is 10.9 Å². The van der Waals surface area contributed by atoms with Gasteiger partial charge in [-0.1, -0.05) is 29.8 Å². The molecule has 1 heterocycles. The third-order valence-electron chi connectivity index (χ3n) is 3.89. The number of allylic oxidation sites excluding steroid dienone is 1. The minimum absolute atomic E-state index is 0.548. The van der Waals surface area contributed by atoms with E-state index in [1.807, 2.05) is 60.8 Å². The van der Waals surface area contributed by atoms with Gasteiger partial charge in [0.25, 0.3) is 0 Å². The Morgan fingerprint density at radius 3 is 2.62 bits per heavy atom. The molecule has 130 valence electrons. The van der Waals surface area contributed by atoms with Crippen molar-refractivity contribution in [2.24, 2.45) is 0 Å². The van der Waals surface area contributed by atoms with Gasteiger partial charge in [0.15, 0.2) is 11.5 Å². The highest BCUT2D eigenvalue weighted by molar-refractivity contribution is 7.11. The van der Waals surface area contributed by atoms with Crippen LogP contribution in [0.2, 0.25) is 0 Å². The van der Waals surface area contributed by atoms with Crippen molar-refractivity contribution < 1.29 is 9.47 Å². The van der Waals surface area contributed by atoms with E-state index in [1.165, 1.54) is 11.3 Å². The van der Waals surface area contributed by atoms with Crippen LogP contribution in [-0.2, 0) is 0 Å². The summed E-state index contributed by atoms with van der Waals surface area (Å²) in [4.78, 5) is 4.63. The molecule has 4 nitrogen and oxygen atoms in total. The lowest BCUT2D eigenvalue weighted by Gasteiger charge is -2.08. The minimum Gasteiger partial charge on any atom is -0.493 e. The third-order valence-corrected chi connectivity index (χ3v) is 4.76. The molecular weight excluding hydrogens is 344 g/mol. The molecule has 0 bridgehead atoms. The molecule has 0 N–H and O–H groups in total. The number of thiazole rings is 1. The summed E-state index contributed by atoms with van der Waals surface area (Å²) in [5.74, 6) is 1.32. The molecule has 0 radical (unpaired) electrons. The van der Waals surface area contributed by atoms with E-state index in [9.17, 15) is 5.26 Å². The summed E-state index contributed by atoms with van der Waals surface area (Å²) in [6.45, 7) is 2.03. The molecule has 0 saturated carbocycles. The Labute approximate surface area is 157 Å². The summed E-state index contributed by atoms with van der Waals surface area (Å²) in [5.41, 5.74) is 4.41. The summed E-state index contributed by atoms with van der Waals surface area (Å²) >= 11 is 1.45. The number of ether oxygens (including phenoxy) is 2. The first kappa shape index (κ1) is 17.7. The first-order chi connectivity index (χ1) is 12.6. The van der Waals surface area contributed by atoms with Gasteiger partial charge in [-0.2, -0.15) is 5.26 Å². The van der Waals surface area contributed by atoms with E-state index in [0.29, 0.717) is 22.1 Å². The summed E-state index contributed by atoms with van der Waals surface area (Å²) in [7, 11) is 3.21. The van der Waals surface area contributed by atoms with Gasteiger partial charge in [0.1, 0.15) is 11.1 Å². The second kappa shape index (κ2) is 7.85. The van der Waals surface area contributed by atoms with Crippen LogP contribution >= 0.6 is 11.3 Å². The zero-order valence-electron chi connectivity index (χ0n) is 14.8. The maximum atomic E-state index is 9.55. The molecule has 3 rings (SSSR count). The molecule has 0 saturated heterocycles. The number of benzene rings is 2. The van der Waals surface area contributed by atoms with E-state index in [1.54, 1.807) is 14.2 Å². The lowest BCUT2D eigenvalue weighted by atomic mass is 10.1. The fraction of sp³-hybridized carbons (Fsp3) is 0.143. The average Bonchev–Trinajstić information content (AvgIpc) is 3.15. The van der Waals surface area contributed by atoms with Crippen LogP contribution in [-0.4, -0.2) is 19.2 Å². The molecule has 1 aromatic heterocycles. The van der Waals surface area contributed by atoms with Gasteiger partial charge >= 0.3 is 0 Å². The minimum atomic E-state index is 0.548. The highest BCUT2D eigenvalue weighted by atomic mass is 32.1. The number of aryl methyl sites for hydroxylation is 1. The van der Waals surface area contributed by atoms with Crippen molar-refractivity contribution in [2.75, 3.05) is 14.2 Å². The Hall–Kier alpha value is -3.10. The fourth-order valence-corrected chi connectivity index (χ4v) is 3.39. The Balaban J connectivity index is 1.95. The van der Waals surface area contributed by atoms with Crippen molar-refractivity contribution in [3.63, 3.8) is 0 Å². The number of hydrogen-bond donors (Lipinski definition) is 0. The summed E-state index contributed by atoms with van der Waals surface area (Å²) in [6, 6.07) is 15.9. The maximum absolute atomic E-state index is 9.55. The number of methoxy groups -OCH3 is 2. The number of aromatic nitrogens is 1. The molecule has 0 unspecified atom stereocenters. The predicted octanol–water partition coefficient (Wildman–Crippen LogP) is 5.20. The van der Waals surface area contributed by atoms with Crippen molar-refractivity contribution in [3.8, 4) is 28.8 Å². The molecular formula is C21H18N2O2S. The Bertz CT molecular complexity index is 999. The van der Waals surface area contributed by atoms with Crippen LogP contribution in [0, 0.1) is 18.3 Å². The Morgan fingerprint density at radius 1 is 1.12 bits per heavy atom. The van der Waals surface area contributed by atoms with Crippen LogP contribution in [0.5, 0.6) is 11.5 Å². The first-order valence-electron chi connectivity index (χ1n) is 8.01. The highest BCUT2D eigenvalue weighted by Gasteiger charge is 2.12. The normalized spacial score (nSPS) is 11.1. The quantitative estimate of drug-likeness (QED) is 0.585. The van der Waals surface area contributed by atoms with Crippen molar-refractivity contribution >= 4 is 23.0 Å². The monoisotopic (exact) mass is 362 g/mol. The number of nitriles is 1. The van der Waals surface area contributed by atoms with Gasteiger partial charge in [0.05, 0.1) is 25.5 Å². The van der Waals surface area contributed by atoms with Crippen LogP contribution in [0.15, 0.2) is 47.8 Å². The molecule has 26 heavy (non-hydrogen) atoms. The SMILES string of the molecule is COc1ccc(-c2csc(C(C#N)=Cc3cccc(C)c3)n2)cc1OC. The summed E-state index contributed by atoms with van der Waals surface area (Å²) in [6.07, 6.45) is 1.87. The van der Waals surface area contributed by atoms with Crippen LogP contribution in [0.3, 0.4) is 0 Å². The predicted molar refractivity (Wildman–Crippen MR) is 105 cm³/mol. The van der Waals surface area contributed by atoms with Crippen molar-refractivity contribution in [3.05, 3.63) is 64.0 Å². The van der Waals surface area contributed by atoms with E-state index < -0.39 is 0 Å². The molecule has 0 spiro atoms. The van der Waals surface area contributed by atoms with Crippen molar-refractivity contribution in [1.29, 1.82) is 5.26 Å². The lowest BCUT2D eigenvalue weighted by Crippen LogP contribution is -1.91. The fourth-order valence-electron chi connectivity index (χ4n) is 2.59. The van der Waals surface area contributed by atoms with E-state index in [4.69, 9.17) is 9.47 Å². The standard InChI is InChI=1S/C21H18N2O2S/c1-14-5-4-6-15(9-14)10-17(12-22)21-23-18(13-26-21)16-7-8-19(24-2)20(11-16)25-3/h4-11,13H,1-3H3. The van der Waals surface area contributed by atoms with E-state index in [2.05, 4.69) is 11.1 Å². The maximum Gasteiger partial charge on any atom is 0.161 e. The highest BCUT2D eigenvalue weighted by Crippen LogP contribution is 2.33. The Kier molecular flexibility index (Phi) is 5.35. The number of hydrogen-bond acceptors (Lipinski definition) is 5. The molecule has 0 aliphatic rings. The molecule has 0 fully saturated rings. The van der Waals surface area contributed by atoms with Gasteiger partial charge < -0.3 is 9.47 Å². The molecule has 5 heteroatoms. The van der Waals surface area contributed by atoms with Gasteiger partial charge in [-0.15, -0.1) is 11.3 Å². The molecule has 0 amide bonds. The van der Waals surface area contributed by atoms with Gasteiger partial charge in [-0.25, -0.2) is 4.98 Å². The van der Waals surface area contributed by atoms with Crippen molar-refractivity contribution in [1.82, 2.24) is 4.98 Å². The van der Waals surface area contributed by atoms with Crippen LogP contribution < -0.4 is 9.47 Å². The van der Waals surface area contributed by atoms with E-state index in [0.717, 1.165) is 22.4 Å². The largest absolute Gasteiger partial charge is 0.493 e. The van der Waals surface area contributed by atoms with Gasteiger partial charge in [0.2, 0.25) is 0 Å². The van der Waals surface area contributed by atoms with Gasteiger partial charge in [-0.3, -0.25) is 0 Å². The molecule has 0 aliphatic heterocycles. The Morgan fingerprint density at radius 2 is 1.92 bits per heavy atom. The topological polar surface area (TPSA) is 55.1 Å². The molecule has 0 aliphatic carbocycles. The lowest BCUT2D eigenvalue weighted by molar-refractivity contribution is 0.355. The average molecular weight is 362 g/mol. The smallest absolute Gasteiger partial charge is 0.161 e. The summed E-state index contributed by atoms with van der Waals surface area (Å²) in [5, 5.41) is 12.2. The van der Waals surface area contributed by atoms with Crippen molar-refractivity contribution in [2.45, 2.75) is 6.92 Å². The zero-order valence-corrected chi connectivity index (χ0v) is 15.6. The van der Waals surface area contributed by atoms with Crippen LogP contribution in [0.4, 0.5) is 0 Å².